The van der Waals surface area contributed by atoms with Crippen LogP contribution in [0.15, 0.2) is 89.6 Å². The van der Waals surface area contributed by atoms with Gasteiger partial charge in [-0.15, -0.1) is 0 Å². The van der Waals surface area contributed by atoms with Crippen LogP contribution in [0.1, 0.15) is 11.1 Å². The minimum Gasteiger partial charge on any atom is -0.457 e. The van der Waals surface area contributed by atoms with Gasteiger partial charge in [0, 0.05) is 10.6 Å². The zero-order valence-electron chi connectivity index (χ0n) is 14.1. The number of hydrogen-bond donors (Lipinski definition) is 0. The first-order valence-corrected chi connectivity index (χ1v) is 8.67. The molecule has 1 aliphatic heterocycles. The largest absolute Gasteiger partial charge is 0.457 e. The Bertz CT molecular complexity index is 1040. The van der Waals surface area contributed by atoms with Crippen LogP contribution in [0.4, 0.5) is 0 Å². The lowest BCUT2D eigenvalue weighted by atomic mass is 10.2. The monoisotopic (exact) mass is 375 g/mol. The summed E-state index contributed by atoms with van der Waals surface area (Å²) in [4.78, 5) is 16.4. The second kappa shape index (κ2) is 7.48. The van der Waals surface area contributed by atoms with E-state index in [0.29, 0.717) is 16.3 Å². The molecule has 0 spiro atoms. The molecule has 0 aliphatic carbocycles. The summed E-state index contributed by atoms with van der Waals surface area (Å²) in [6, 6.07) is 23.9. The van der Waals surface area contributed by atoms with Crippen molar-refractivity contribution in [3.63, 3.8) is 0 Å². The van der Waals surface area contributed by atoms with Crippen LogP contribution >= 0.6 is 11.6 Å². The molecule has 0 unspecified atom stereocenters. The van der Waals surface area contributed by atoms with E-state index in [1.165, 1.54) is 0 Å². The van der Waals surface area contributed by atoms with Gasteiger partial charge in [0.1, 0.15) is 11.5 Å². The minimum absolute atomic E-state index is 0.233. The number of aliphatic imine (C=N–C) groups is 1. The summed E-state index contributed by atoms with van der Waals surface area (Å²) < 4.78 is 11.1. The summed E-state index contributed by atoms with van der Waals surface area (Å²) in [7, 11) is 0. The highest BCUT2D eigenvalue weighted by molar-refractivity contribution is 6.30. The normalized spacial score (nSPS) is 14.8. The third-order valence-corrected chi connectivity index (χ3v) is 4.10. The van der Waals surface area contributed by atoms with E-state index in [4.69, 9.17) is 21.1 Å². The van der Waals surface area contributed by atoms with E-state index in [-0.39, 0.29) is 11.6 Å². The van der Waals surface area contributed by atoms with Crippen molar-refractivity contribution in [2.45, 2.75) is 0 Å². The molecular formula is C22H14ClNO3. The zero-order valence-corrected chi connectivity index (χ0v) is 14.9. The van der Waals surface area contributed by atoms with Crippen molar-refractivity contribution in [2.24, 2.45) is 4.99 Å². The zero-order chi connectivity index (χ0) is 18.6. The predicted molar refractivity (Wildman–Crippen MR) is 105 cm³/mol. The number of ether oxygens (including phenoxy) is 2. The molecule has 0 atom stereocenters. The molecule has 4 nitrogen and oxygen atoms in total. The van der Waals surface area contributed by atoms with Crippen molar-refractivity contribution >= 4 is 29.5 Å². The smallest absolute Gasteiger partial charge is 0.363 e. The molecule has 0 saturated carbocycles. The molecule has 3 aromatic carbocycles. The second-order valence-electron chi connectivity index (χ2n) is 5.83. The molecule has 1 aliphatic rings. The minimum atomic E-state index is -0.491. The molecule has 4 rings (SSSR count). The first kappa shape index (κ1) is 17.1. The van der Waals surface area contributed by atoms with E-state index in [1.54, 1.807) is 30.3 Å². The summed E-state index contributed by atoms with van der Waals surface area (Å²) in [6.45, 7) is 0. The van der Waals surface area contributed by atoms with E-state index in [0.717, 1.165) is 11.3 Å². The van der Waals surface area contributed by atoms with E-state index in [9.17, 15) is 4.79 Å². The van der Waals surface area contributed by atoms with Crippen molar-refractivity contribution in [3.05, 3.63) is 101 Å². The third kappa shape index (κ3) is 4.07. The van der Waals surface area contributed by atoms with Crippen LogP contribution < -0.4 is 4.74 Å². The van der Waals surface area contributed by atoms with E-state index in [2.05, 4.69) is 4.99 Å². The molecule has 27 heavy (non-hydrogen) atoms. The number of cyclic esters (lactones) is 1. The van der Waals surface area contributed by atoms with Gasteiger partial charge < -0.3 is 9.47 Å². The molecular weight excluding hydrogens is 362 g/mol. The maximum Gasteiger partial charge on any atom is 0.363 e. The third-order valence-electron chi connectivity index (χ3n) is 3.85. The number of carbonyl (C=O) groups is 1. The molecule has 3 aromatic rings. The topological polar surface area (TPSA) is 47.9 Å². The van der Waals surface area contributed by atoms with Crippen LogP contribution in [0.25, 0.3) is 6.08 Å². The fraction of sp³-hybridized carbons (Fsp3) is 0. The maximum atomic E-state index is 12.1. The Balaban J connectivity index is 1.58. The van der Waals surface area contributed by atoms with Crippen LogP contribution in [0.5, 0.6) is 11.5 Å². The first-order chi connectivity index (χ1) is 13.2. The Morgan fingerprint density at radius 2 is 1.63 bits per heavy atom. The number of rotatable bonds is 4. The Morgan fingerprint density at radius 1 is 0.889 bits per heavy atom. The predicted octanol–water partition coefficient (Wildman–Crippen LogP) is 5.48. The Labute approximate surface area is 161 Å². The highest BCUT2D eigenvalue weighted by Gasteiger charge is 2.24. The van der Waals surface area contributed by atoms with Crippen LogP contribution in [-0.2, 0) is 9.53 Å². The Kier molecular flexibility index (Phi) is 4.73. The second-order valence-corrected chi connectivity index (χ2v) is 6.27. The number of hydrogen-bond acceptors (Lipinski definition) is 4. The Hall–Kier alpha value is -3.37. The Morgan fingerprint density at radius 3 is 2.41 bits per heavy atom. The van der Waals surface area contributed by atoms with Gasteiger partial charge in [0.05, 0.1) is 0 Å². The standard InChI is InChI=1S/C22H14ClNO3/c23-17-11-9-16(10-12-17)21-24-20(22(25)27-21)14-15-5-4-8-19(13-15)26-18-6-2-1-3-7-18/h1-14H/b20-14+. The van der Waals surface area contributed by atoms with Crippen molar-refractivity contribution in [1.29, 1.82) is 0 Å². The van der Waals surface area contributed by atoms with Gasteiger partial charge in [0.2, 0.25) is 5.90 Å². The average Bonchev–Trinajstić information content (AvgIpc) is 3.04. The van der Waals surface area contributed by atoms with Gasteiger partial charge in [-0.25, -0.2) is 9.79 Å². The molecule has 1 heterocycles. The van der Waals surface area contributed by atoms with Gasteiger partial charge in [-0.1, -0.05) is 41.9 Å². The van der Waals surface area contributed by atoms with Crippen LogP contribution in [0.3, 0.4) is 0 Å². The van der Waals surface area contributed by atoms with Crippen LogP contribution in [0, 0.1) is 0 Å². The molecule has 5 heteroatoms. The number of benzene rings is 3. The van der Waals surface area contributed by atoms with Crippen molar-refractivity contribution in [2.75, 3.05) is 0 Å². The molecule has 0 amide bonds. The SMILES string of the molecule is O=C1OC(c2ccc(Cl)cc2)=N/C1=C/c1cccc(Oc2ccccc2)c1. The van der Waals surface area contributed by atoms with Gasteiger partial charge in [-0.05, 0) is 60.2 Å². The van der Waals surface area contributed by atoms with Crippen LogP contribution in [-0.4, -0.2) is 11.9 Å². The summed E-state index contributed by atoms with van der Waals surface area (Å²) in [5.74, 6) is 1.18. The highest BCUT2D eigenvalue weighted by Crippen LogP contribution is 2.25. The van der Waals surface area contributed by atoms with Crippen molar-refractivity contribution in [3.8, 4) is 11.5 Å². The molecule has 0 N–H and O–H groups in total. The van der Waals surface area contributed by atoms with E-state index in [1.807, 2.05) is 54.6 Å². The number of carbonyl (C=O) groups excluding carboxylic acids is 1. The summed E-state index contributed by atoms with van der Waals surface area (Å²) >= 11 is 5.88. The van der Waals surface area contributed by atoms with Gasteiger partial charge in [-0.3, -0.25) is 0 Å². The van der Waals surface area contributed by atoms with E-state index >= 15 is 0 Å². The van der Waals surface area contributed by atoms with Crippen molar-refractivity contribution < 1.29 is 14.3 Å². The lowest BCUT2D eigenvalue weighted by molar-refractivity contribution is -0.129. The first-order valence-electron chi connectivity index (χ1n) is 8.29. The average molecular weight is 376 g/mol. The molecule has 0 fully saturated rings. The van der Waals surface area contributed by atoms with Gasteiger partial charge >= 0.3 is 5.97 Å². The van der Waals surface area contributed by atoms with Gasteiger partial charge in [0.15, 0.2) is 5.70 Å². The fourth-order valence-corrected chi connectivity index (χ4v) is 2.70. The highest BCUT2D eigenvalue weighted by atomic mass is 35.5. The molecule has 0 aromatic heterocycles. The van der Waals surface area contributed by atoms with Crippen LogP contribution in [0.2, 0.25) is 5.02 Å². The number of nitrogens with zero attached hydrogens (tertiary/aromatic N) is 1. The fourth-order valence-electron chi connectivity index (χ4n) is 2.58. The van der Waals surface area contributed by atoms with E-state index < -0.39 is 5.97 Å². The van der Waals surface area contributed by atoms with Gasteiger partial charge in [-0.2, -0.15) is 0 Å². The van der Waals surface area contributed by atoms with Crippen molar-refractivity contribution in [1.82, 2.24) is 0 Å². The quantitative estimate of drug-likeness (QED) is 0.448. The maximum absolute atomic E-state index is 12.1. The summed E-state index contributed by atoms with van der Waals surface area (Å²) in [5.41, 5.74) is 1.71. The van der Waals surface area contributed by atoms with Gasteiger partial charge in [0.25, 0.3) is 0 Å². The summed E-state index contributed by atoms with van der Waals surface area (Å²) in [6.07, 6.45) is 1.67. The molecule has 132 valence electrons. The molecule has 0 bridgehead atoms. The summed E-state index contributed by atoms with van der Waals surface area (Å²) in [5, 5.41) is 0.606. The number of para-hydroxylation sites is 1. The lowest BCUT2D eigenvalue weighted by Crippen LogP contribution is -2.05. The number of esters is 1. The lowest BCUT2D eigenvalue weighted by Gasteiger charge is -2.05. The molecule has 0 saturated heterocycles. The number of halogens is 1. The molecule has 0 radical (unpaired) electrons.